The lowest BCUT2D eigenvalue weighted by Gasteiger charge is -2.29. The molecule has 0 unspecified atom stereocenters. The molecular formula is C30H34Cl2N6O4S. The molecule has 2 amide bonds. The molecular weight excluding hydrogens is 611 g/mol. The average molecular weight is 646 g/mol. The van der Waals surface area contributed by atoms with Gasteiger partial charge in [-0.15, -0.1) is 24.8 Å². The topological polar surface area (TPSA) is 117 Å². The van der Waals surface area contributed by atoms with Gasteiger partial charge in [0.25, 0.3) is 0 Å². The number of rotatable bonds is 9. The molecule has 1 aliphatic rings. The number of aryl methyl sites for hydroxylation is 1. The molecule has 1 atom stereocenters. The SMILES string of the molecule is Cc1ccc(NC(=O)N(c2ccccc2)[C@@H]2CCN(Cc3ccc(Oc4ccc(NS(C)(=O)=O)cc4)nc3)C2)cn1.Cl.Cl. The fourth-order valence-electron chi connectivity index (χ4n) is 4.72. The molecule has 13 heteroatoms. The predicted octanol–water partition coefficient (Wildman–Crippen LogP) is 6.11. The zero-order valence-electron chi connectivity index (χ0n) is 23.7. The first-order valence-electron chi connectivity index (χ1n) is 13.2. The number of anilines is 3. The van der Waals surface area contributed by atoms with E-state index in [-0.39, 0.29) is 36.9 Å². The number of halogens is 2. The number of nitrogens with zero attached hydrogens (tertiary/aromatic N) is 4. The summed E-state index contributed by atoms with van der Waals surface area (Å²) in [4.78, 5) is 26.3. The lowest BCUT2D eigenvalue weighted by atomic mass is 10.2. The van der Waals surface area contributed by atoms with Gasteiger partial charge in [-0.2, -0.15) is 0 Å². The summed E-state index contributed by atoms with van der Waals surface area (Å²) in [6.07, 6.45) is 5.40. The summed E-state index contributed by atoms with van der Waals surface area (Å²) in [7, 11) is -3.34. The Morgan fingerprint density at radius 1 is 0.953 bits per heavy atom. The van der Waals surface area contributed by atoms with Crippen LogP contribution in [0.2, 0.25) is 0 Å². The molecule has 0 saturated carbocycles. The van der Waals surface area contributed by atoms with Crippen LogP contribution in [0.25, 0.3) is 0 Å². The number of amides is 2. The van der Waals surface area contributed by atoms with Gasteiger partial charge in [0.05, 0.1) is 24.2 Å². The van der Waals surface area contributed by atoms with Crippen molar-refractivity contribution in [3.63, 3.8) is 0 Å². The number of aromatic nitrogens is 2. The Balaban J connectivity index is 0.00000253. The van der Waals surface area contributed by atoms with E-state index >= 15 is 0 Å². The number of hydrogen-bond acceptors (Lipinski definition) is 7. The Labute approximate surface area is 264 Å². The van der Waals surface area contributed by atoms with Crippen LogP contribution in [0.1, 0.15) is 17.7 Å². The van der Waals surface area contributed by atoms with E-state index in [1.165, 1.54) is 0 Å². The van der Waals surface area contributed by atoms with Gasteiger partial charge >= 0.3 is 6.03 Å². The van der Waals surface area contributed by atoms with Crippen molar-refractivity contribution < 1.29 is 17.9 Å². The molecule has 4 aromatic rings. The van der Waals surface area contributed by atoms with E-state index in [0.717, 1.165) is 42.7 Å². The van der Waals surface area contributed by atoms with Gasteiger partial charge in [0.15, 0.2) is 0 Å². The van der Waals surface area contributed by atoms with Crippen molar-refractivity contribution in [3.05, 3.63) is 103 Å². The van der Waals surface area contributed by atoms with E-state index < -0.39 is 10.0 Å². The Kier molecular flexibility index (Phi) is 11.7. The van der Waals surface area contributed by atoms with Crippen molar-refractivity contribution in [2.24, 2.45) is 0 Å². The quantitative estimate of drug-likeness (QED) is 0.226. The fraction of sp³-hybridized carbons (Fsp3) is 0.233. The molecule has 1 fully saturated rings. The van der Waals surface area contributed by atoms with Gasteiger partial charge in [0, 0.05) is 49.0 Å². The number of sulfonamides is 1. The van der Waals surface area contributed by atoms with Crippen LogP contribution in [0.15, 0.2) is 91.3 Å². The Morgan fingerprint density at radius 3 is 2.30 bits per heavy atom. The third kappa shape index (κ3) is 9.55. The van der Waals surface area contributed by atoms with Crippen LogP contribution in [-0.2, 0) is 16.6 Å². The molecule has 3 heterocycles. The maximum absolute atomic E-state index is 13.4. The molecule has 2 N–H and O–H groups in total. The second-order valence-electron chi connectivity index (χ2n) is 10.0. The van der Waals surface area contributed by atoms with Gasteiger partial charge in [-0.3, -0.25) is 19.5 Å². The Hall–Kier alpha value is -3.90. The van der Waals surface area contributed by atoms with Crippen LogP contribution < -0.4 is 19.7 Å². The van der Waals surface area contributed by atoms with Crippen LogP contribution in [0.3, 0.4) is 0 Å². The highest BCUT2D eigenvalue weighted by molar-refractivity contribution is 7.92. The first kappa shape index (κ1) is 33.6. The molecule has 0 spiro atoms. The fourth-order valence-corrected chi connectivity index (χ4v) is 5.29. The second kappa shape index (κ2) is 15.0. The third-order valence-corrected chi connectivity index (χ3v) is 7.22. The first-order chi connectivity index (χ1) is 19.7. The number of nitrogens with one attached hydrogen (secondary N) is 2. The smallest absolute Gasteiger partial charge is 0.326 e. The normalized spacial score (nSPS) is 14.6. The highest BCUT2D eigenvalue weighted by Gasteiger charge is 2.32. The van der Waals surface area contributed by atoms with Crippen molar-refractivity contribution in [3.8, 4) is 11.6 Å². The van der Waals surface area contributed by atoms with Crippen LogP contribution in [0.4, 0.5) is 21.9 Å². The van der Waals surface area contributed by atoms with Crippen LogP contribution >= 0.6 is 24.8 Å². The maximum atomic E-state index is 13.4. The van der Waals surface area contributed by atoms with Gasteiger partial charge in [-0.05, 0) is 67.4 Å². The molecule has 0 bridgehead atoms. The van der Waals surface area contributed by atoms with E-state index in [1.54, 1.807) is 36.7 Å². The summed E-state index contributed by atoms with van der Waals surface area (Å²) in [5.74, 6) is 0.988. The summed E-state index contributed by atoms with van der Waals surface area (Å²) >= 11 is 0. The highest BCUT2D eigenvalue weighted by atomic mass is 35.5. The second-order valence-corrected chi connectivity index (χ2v) is 11.8. The number of hydrogen-bond donors (Lipinski definition) is 2. The minimum atomic E-state index is -3.34. The predicted molar refractivity (Wildman–Crippen MR) is 174 cm³/mol. The standard InChI is InChI=1S/C30H32N6O4S.2ClH/c1-22-8-10-25(19-31-22)33-30(37)36(26-6-4-3-5-7-26)27-16-17-35(21-27)20-23-9-15-29(32-18-23)40-28-13-11-24(12-14-28)34-41(2,38)39;;/h3-15,18-19,27,34H,16-17,20-21H2,1-2H3,(H,33,37);2*1H/t27-;;/m1../s1. The molecule has 1 saturated heterocycles. The Morgan fingerprint density at radius 2 is 1.67 bits per heavy atom. The van der Waals surface area contributed by atoms with Crippen LogP contribution in [0.5, 0.6) is 11.6 Å². The van der Waals surface area contributed by atoms with Gasteiger partial charge < -0.3 is 10.1 Å². The average Bonchev–Trinajstić information content (AvgIpc) is 3.40. The van der Waals surface area contributed by atoms with Gasteiger partial charge in [-0.1, -0.05) is 24.3 Å². The van der Waals surface area contributed by atoms with Gasteiger partial charge in [-0.25, -0.2) is 18.2 Å². The number of benzene rings is 2. The summed E-state index contributed by atoms with van der Waals surface area (Å²) in [5.41, 5.74) is 3.89. The van der Waals surface area contributed by atoms with E-state index in [1.807, 2.05) is 66.4 Å². The molecule has 5 rings (SSSR count). The molecule has 2 aromatic heterocycles. The van der Waals surface area contributed by atoms with Crippen LogP contribution in [0, 0.1) is 6.92 Å². The maximum Gasteiger partial charge on any atom is 0.326 e. The summed E-state index contributed by atoms with van der Waals surface area (Å²) in [6, 6.07) is 23.7. The molecule has 2 aromatic carbocycles. The zero-order chi connectivity index (χ0) is 28.8. The summed E-state index contributed by atoms with van der Waals surface area (Å²) < 4.78 is 31.0. The van der Waals surface area contributed by atoms with E-state index in [4.69, 9.17) is 4.74 Å². The summed E-state index contributed by atoms with van der Waals surface area (Å²) in [5, 5.41) is 3.00. The van der Waals surface area contributed by atoms with Gasteiger partial charge in [0.2, 0.25) is 15.9 Å². The van der Waals surface area contributed by atoms with Crippen molar-refractivity contribution in [2.75, 3.05) is 34.3 Å². The molecule has 43 heavy (non-hydrogen) atoms. The highest BCUT2D eigenvalue weighted by Crippen LogP contribution is 2.26. The number of pyridine rings is 2. The number of likely N-dealkylation sites (tertiary alicyclic amines) is 1. The first-order valence-corrected chi connectivity index (χ1v) is 15.1. The molecule has 228 valence electrons. The zero-order valence-corrected chi connectivity index (χ0v) is 26.2. The minimum absolute atomic E-state index is 0. The molecule has 0 aliphatic carbocycles. The van der Waals surface area contributed by atoms with E-state index in [9.17, 15) is 13.2 Å². The van der Waals surface area contributed by atoms with Crippen molar-refractivity contribution >= 4 is 57.9 Å². The number of para-hydroxylation sites is 1. The molecule has 1 aliphatic heterocycles. The van der Waals surface area contributed by atoms with E-state index in [0.29, 0.717) is 29.5 Å². The lowest BCUT2D eigenvalue weighted by molar-refractivity contribution is 0.254. The number of carbonyl (C=O) groups is 1. The summed E-state index contributed by atoms with van der Waals surface area (Å²) in [6.45, 7) is 4.18. The number of ether oxygens (including phenoxy) is 1. The van der Waals surface area contributed by atoms with Crippen LogP contribution in [-0.4, -0.2) is 54.7 Å². The third-order valence-electron chi connectivity index (χ3n) is 6.61. The number of carbonyl (C=O) groups excluding carboxylic acids is 1. The monoisotopic (exact) mass is 644 g/mol. The Bertz CT molecular complexity index is 1580. The lowest BCUT2D eigenvalue weighted by Crippen LogP contribution is -2.44. The van der Waals surface area contributed by atoms with E-state index in [2.05, 4.69) is 24.9 Å². The van der Waals surface area contributed by atoms with Crippen molar-refractivity contribution in [1.29, 1.82) is 0 Å². The van der Waals surface area contributed by atoms with Gasteiger partial charge in [0.1, 0.15) is 5.75 Å². The largest absolute Gasteiger partial charge is 0.439 e. The minimum Gasteiger partial charge on any atom is -0.439 e. The van der Waals surface area contributed by atoms with Crippen molar-refractivity contribution in [1.82, 2.24) is 14.9 Å². The molecule has 10 nitrogen and oxygen atoms in total. The number of urea groups is 1. The van der Waals surface area contributed by atoms with Crippen molar-refractivity contribution in [2.45, 2.75) is 25.9 Å². The molecule has 0 radical (unpaired) electrons.